The Morgan fingerprint density at radius 2 is 2.07 bits per heavy atom. The Morgan fingerprint density at radius 3 is 2.75 bits per heavy atom. The van der Waals surface area contributed by atoms with E-state index in [-0.39, 0.29) is 28.4 Å². The molecule has 4 nitrogen and oxygen atoms in total. The molecule has 2 fully saturated rings. The number of likely N-dealkylation sites (tertiary alicyclic amines) is 1. The van der Waals surface area contributed by atoms with Crippen molar-refractivity contribution < 1.29 is 14.6 Å². The summed E-state index contributed by atoms with van der Waals surface area (Å²) in [6.45, 7) is 7.11. The van der Waals surface area contributed by atoms with Gasteiger partial charge in [0.15, 0.2) is 0 Å². The van der Waals surface area contributed by atoms with Crippen molar-refractivity contribution in [2.45, 2.75) is 57.1 Å². The smallest absolute Gasteiger partial charge is 0.136 e. The molecule has 28 heavy (non-hydrogen) atoms. The topological polar surface area (TPSA) is 49.8 Å². The van der Waals surface area contributed by atoms with E-state index < -0.39 is 5.60 Å². The number of carbonyl (C=O) groups is 1. The first-order chi connectivity index (χ1) is 13.2. The molecule has 1 saturated heterocycles. The molecule has 4 aliphatic carbocycles. The predicted molar refractivity (Wildman–Crippen MR) is 109 cm³/mol. The van der Waals surface area contributed by atoms with Gasteiger partial charge in [0.1, 0.15) is 11.5 Å². The second-order valence-corrected chi connectivity index (χ2v) is 9.69. The van der Waals surface area contributed by atoms with Crippen molar-refractivity contribution in [1.29, 1.82) is 0 Å². The van der Waals surface area contributed by atoms with Crippen molar-refractivity contribution in [2.24, 2.45) is 17.3 Å². The fourth-order valence-electron chi connectivity index (χ4n) is 7.94. The number of carbonyl (C=O) groups excluding carboxylic acids is 1. The van der Waals surface area contributed by atoms with Crippen LogP contribution in [-0.2, 0) is 21.4 Å². The molecule has 5 unspecified atom stereocenters. The van der Waals surface area contributed by atoms with Gasteiger partial charge in [-0.05, 0) is 69.5 Å². The number of aromatic hydroxyl groups is 1. The standard InChI is InChI=1S/C24H31NO3/c1-14-19(27)7-6-17-12-20-22-8-9-24(28-5,18(13-22)15(2)26)16(3)23(22,21(14)17)10-11-25(20)4/h6-9,16,18,20,27H,10-13H2,1-5H3/t16?,18?,20-,22?,23?,24?/m1/s1. The summed E-state index contributed by atoms with van der Waals surface area (Å²) < 4.78 is 6.21. The van der Waals surface area contributed by atoms with Gasteiger partial charge in [-0.3, -0.25) is 4.79 Å². The van der Waals surface area contributed by atoms with Gasteiger partial charge in [-0.1, -0.05) is 25.1 Å². The lowest BCUT2D eigenvalue weighted by molar-refractivity contribution is -0.202. The molecular weight excluding hydrogens is 350 g/mol. The maximum atomic E-state index is 12.8. The van der Waals surface area contributed by atoms with Crippen LogP contribution in [0, 0.1) is 24.2 Å². The van der Waals surface area contributed by atoms with Gasteiger partial charge in [-0.25, -0.2) is 0 Å². The lowest BCUT2D eigenvalue weighted by Crippen LogP contribution is -2.77. The quantitative estimate of drug-likeness (QED) is 0.798. The first kappa shape index (κ1) is 18.4. The van der Waals surface area contributed by atoms with E-state index in [9.17, 15) is 9.90 Å². The molecule has 1 spiro atoms. The molecule has 5 aliphatic rings. The monoisotopic (exact) mass is 381 g/mol. The first-order valence-electron chi connectivity index (χ1n) is 10.5. The van der Waals surface area contributed by atoms with Gasteiger partial charge < -0.3 is 14.7 Å². The Bertz CT molecular complexity index is 907. The van der Waals surface area contributed by atoms with E-state index >= 15 is 0 Å². The van der Waals surface area contributed by atoms with Crippen molar-refractivity contribution >= 4 is 5.78 Å². The second kappa shape index (κ2) is 5.48. The van der Waals surface area contributed by atoms with Crippen molar-refractivity contribution in [2.75, 3.05) is 20.7 Å². The summed E-state index contributed by atoms with van der Waals surface area (Å²) in [4.78, 5) is 15.3. The number of phenols is 1. The summed E-state index contributed by atoms with van der Waals surface area (Å²) in [5.74, 6) is 0.659. The van der Waals surface area contributed by atoms with Gasteiger partial charge in [-0.2, -0.15) is 0 Å². The minimum Gasteiger partial charge on any atom is -0.508 e. The average molecular weight is 382 g/mol. The summed E-state index contributed by atoms with van der Waals surface area (Å²) in [5.41, 5.74) is 2.92. The number of ether oxygens (including phenoxy) is 1. The number of fused-ring (bicyclic) bond motifs is 2. The summed E-state index contributed by atoms with van der Waals surface area (Å²) in [6.07, 6.45) is 7.46. The highest BCUT2D eigenvalue weighted by atomic mass is 16.5. The molecule has 4 bridgehead atoms. The van der Waals surface area contributed by atoms with Crippen LogP contribution in [0.1, 0.15) is 43.4 Å². The van der Waals surface area contributed by atoms with Gasteiger partial charge in [0.2, 0.25) is 0 Å². The average Bonchev–Trinajstić information content (AvgIpc) is 2.68. The second-order valence-electron chi connectivity index (χ2n) is 9.69. The number of benzene rings is 1. The van der Waals surface area contributed by atoms with E-state index in [1.165, 1.54) is 11.1 Å². The molecule has 6 atom stereocenters. The number of nitrogens with zero attached hydrogens (tertiary/aromatic N) is 1. The van der Waals surface area contributed by atoms with Crippen LogP contribution >= 0.6 is 0 Å². The van der Waals surface area contributed by atoms with Crippen LogP contribution in [0.3, 0.4) is 0 Å². The van der Waals surface area contributed by atoms with Crippen LogP contribution in [0.15, 0.2) is 24.3 Å². The highest BCUT2D eigenvalue weighted by molar-refractivity contribution is 5.81. The van der Waals surface area contributed by atoms with Crippen molar-refractivity contribution in [1.82, 2.24) is 4.90 Å². The maximum absolute atomic E-state index is 12.8. The molecule has 1 aliphatic heterocycles. The molecule has 1 aromatic rings. The zero-order chi connectivity index (χ0) is 20.1. The van der Waals surface area contributed by atoms with Crippen LogP contribution in [0.5, 0.6) is 5.75 Å². The van der Waals surface area contributed by atoms with Crippen LogP contribution < -0.4 is 0 Å². The predicted octanol–water partition coefficient (Wildman–Crippen LogP) is 3.39. The van der Waals surface area contributed by atoms with E-state index in [0.29, 0.717) is 11.8 Å². The molecule has 1 saturated carbocycles. The molecule has 0 aromatic heterocycles. The summed E-state index contributed by atoms with van der Waals surface area (Å²) in [5, 5.41) is 10.6. The number of piperidine rings is 1. The molecule has 1 aromatic carbocycles. The number of Topliss-reactive ketones (excluding diaryl/α,β-unsaturated/α-hetero) is 1. The van der Waals surface area contributed by atoms with Crippen molar-refractivity contribution in [3.8, 4) is 5.75 Å². The van der Waals surface area contributed by atoms with Gasteiger partial charge >= 0.3 is 0 Å². The summed E-state index contributed by atoms with van der Waals surface area (Å²) in [6, 6.07) is 4.34. The Morgan fingerprint density at radius 1 is 1.32 bits per heavy atom. The lowest BCUT2D eigenvalue weighted by Gasteiger charge is -2.73. The van der Waals surface area contributed by atoms with E-state index in [4.69, 9.17) is 4.74 Å². The highest BCUT2D eigenvalue weighted by Gasteiger charge is 2.74. The van der Waals surface area contributed by atoms with Gasteiger partial charge in [-0.15, -0.1) is 0 Å². The number of ketones is 1. The largest absolute Gasteiger partial charge is 0.508 e. The number of hydrogen-bond donors (Lipinski definition) is 1. The molecular formula is C24H31NO3. The number of hydrogen-bond acceptors (Lipinski definition) is 4. The lowest BCUT2D eigenvalue weighted by atomic mass is 9.34. The van der Waals surface area contributed by atoms with Crippen LogP contribution in [-0.4, -0.2) is 48.1 Å². The van der Waals surface area contributed by atoms with Crippen LogP contribution in [0.2, 0.25) is 0 Å². The number of rotatable bonds is 2. The Balaban J connectivity index is 1.88. The fraction of sp³-hybridized carbons (Fsp3) is 0.625. The number of methoxy groups -OCH3 is 1. The van der Waals surface area contributed by atoms with Gasteiger partial charge in [0.05, 0.1) is 11.5 Å². The third kappa shape index (κ3) is 1.74. The first-order valence-corrected chi connectivity index (χ1v) is 10.5. The number of likely N-dealkylation sites (N-methyl/N-ethyl adjacent to an activating group) is 1. The zero-order valence-corrected chi connectivity index (χ0v) is 17.6. The minimum absolute atomic E-state index is 0.0956. The fourth-order valence-corrected chi connectivity index (χ4v) is 7.94. The summed E-state index contributed by atoms with van der Waals surface area (Å²) in [7, 11) is 3.99. The number of phenolic OH excluding ortho intramolecular Hbond substituents is 1. The molecule has 1 N–H and O–H groups in total. The zero-order valence-electron chi connectivity index (χ0n) is 17.6. The van der Waals surface area contributed by atoms with E-state index in [1.807, 2.05) is 6.07 Å². The van der Waals surface area contributed by atoms with Gasteiger partial charge in [0.25, 0.3) is 0 Å². The normalized spacial score (nSPS) is 43.5. The highest BCUT2D eigenvalue weighted by Crippen LogP contribution is 2.72. The van der Waals surface area contributed by atoms with Gasteiger partial charge in [0, 0.05) is 29.9 Å². The summed E-state index contributed by atoms with van der Waals surface area (Å²) >= 11 is 0. The van der Waals surface area contributed by atoms with E-state index in [2.05, 4.69) is 44.0 Å². The van der Waals surface area contributed by atoms with Crippen LogP contribution in [0.25, 0.3) is 0 Å². The maximum Gasteiger partial charge on any atom is 0.136 e. The molecule has 6 rings (SSSR count). The van der Waals surface area contributed by atoms with Crippen LogP contribution in [0.4, 0.5) is 0 Å². The van der Waals surface area contributed by atoms with E-state index in [0.717, 1.165) is 31.4 Å². The minimum atomic E-state index is -0.569. The molecule has 1 heterocycles. The van der Waals surface area contributed by atoms with E-state index in [1.54, 1.807) is 14.0 Å². The molecule has 0 amide bonds. The molecule has 0 radical (unpaired) electrons. The third-order valence-electron chi connectivity index (χ3n) is 9.19. The molecule has 4 heteroatoms. The Kier molecular flexibility index (Phi) is 3.60. The van der Waals surface area contributed by atoms with Crippen molar-refractivity contribution in [3.05, 3.63) is 41.0 Å². The Hall–Kier alpha value is -1.65. The van der Waals surface area contributed by atoms with Crippen molar-refractivity contribution in [3.63, 3.8) is 0 Å². The molecule has 150 valence electrons. The third-order valence-corrected chi connectivity index (χ3v) is 9.19. The Labute approximate surface area is 167 Å². The SMILES string of the molecule is COC12C=CC3(CC1C(C)=O)[C@H]1Cc4ccc(O)c(C)c4C3(CCN1C)C2C.